The number of nitrogens with zero attached hydrogens (tertiary/aromatic N) is 2. The smallest absolute Gasteiger partial charge is 0.399 e. The number of aryl methyl sites for hydroxylation is 2. The van der Waals surface area contributed by atoms with Crippen LogP contribution < -0.4 is 0 Å². The van der Waals surface area contributed by atoms with Crippen LogP contribution in [0, 0.1) is 26.0 Å². The SMILES string of the molecule is CC(=O)/C=C(\O)CF.Cc1ccnc(-c2[c-]c(C(F)(F)F)cc(C(F)(F)F)c2)c1.Cc1ccnc(-c2[c-]c(C(F)(F)F)cc(C(F)(F)F)c2)c1.[Ir]. The third-order valence-electron chi connectivity index (χ3n) is 5.89. The number of rotatable bonds is 4. The van der Waals surface area contributed by atoms with E-state index in [1.807, 2.05) is 12.1 Å². The van der Waals surface area contributed by atoms with Crippen LogP contribution in [0.4, 0.5) is 57.1 Å². The van der Waals surface area contributed by atoms with E-state index >= 15 is 0 Å². The van der Waals surface area contributed by atoms with E-state index in [1.165, 1.54) is 31.5 Å². The summed E-state index contributed by atoms with van der Waals surface area (Å²) in [6, 6.07) is 11.2. The summed E-state index contributed by atoms with van der Waals surface area (Å²) >= 11 is 0. The third kappa shape index (κ3) is 14.4. The largest absolute Gasteiger partial charge is 0.509 e. The molecule has 279 valence electrons. The molecule has 0 bridgehead atoms. The minimum atomic E-state index is -4.92. The van der Waals surface area contributed by atoms with Crippen molar-refractivity contribution in [3.8, 4) is 22.5 Å². The zero-order valence-electron chi connectivity index (χ0n) is 26.1. The Labute approximate surface area is 295 Å². The molecule has 51 heavy (non-hydrogen) atoms. The van der Waals surface area contributed by atoms with Crippen LogP contribution in [0.25, 0.3) is 22.5 Å². The molecule has 4 rings (SSSR count). The number of aliphatic hydroxyl groups excluding tert-OH is 1. The molecule has 0 fully saturated rings. The Morgan fingerprint density at radius 1 is 0.667 bits per heavy atom. The molecular weight excluding hydrogens is 896 g/mol. The minimum Gasteiger partial charge on any atom is -0.509 e. The van der Waals surface area contributed by atoms with Gasteiger partial charge in [0.05, 0.1) is 0 Å². The Kier molecular flexibility index (Phi) is 15.6. The Morgan fingerprint density at radius 3 is 1.25 bits per heavy atom. The first-order chi connectivity index (χ1) is 22.8. The summed E-state index contributed by atoms with van der Waals surface area (Å²) < 4.78 is 164. The molecule has 0 amide bonds. The van der Waals surface area contributed by atoms with E-state index < -0.39 is 59.4 Å². The average Bonchev–Trinajstić information content (AvgIpc) is 2.99. The maximum atomic E-state index is 12.7. The summed E-state index contributed by atoms with van der Waals surface area (Å²) in [5, 5.41) is 8.29. The zero-order chi connectivity index (χ0) is 38.2. The van der Waals surface area contributed by atoms with Crippen LogP contribution in [0.3, 0.4) is 0 Å². The topological polar surface area (TPSA) is 63.1 Å². The van der Waals surface area contributed by atoms with Crippen LogP contribution >= 0.6 is 0 Å². The molecule has 0 spiro atoms. The quantitative estimate of drug-likeness (QED) is 0.0959. The van der Waals surface area contributed by atoms with E-state index in [2.05, 4.69) is 9.97 Å². The minimum absolute atomic E-state index is 0. The number of alkyl halides is 13. The van der Waals surface area contributed by atoms with Gasteiger partial charge in [0.25, 0.3) is 0 Å². The van der Waals surface area contributed by atoms with Crippen molar-refractivity contribution in [1.82, 2.24) is 9.97 Å². The molecule has 4 aromatic rings. The molecule has 0 atom stereocenters. The monoisotopic (exact) mass is 919 g/mol. The van der Waals surface area contributed by atoms with Gasteiger partial charge in [-0.05, 0) is 66.5 Å². The maximum absolute atomic E-state index is 12.7. The van der Waals surface area contributed by atoms with E-state index in [0.29, 0.717) is 23.3 Å². The van der Waals surface area contributed by atoms with Gasteiger partial charge in [0.15, 0.2) is 5.78 Å². The normalized spacial score (nSPS) is 12.1. The van der Waals surface area contributed by atoms with E-state index in [1.54, 1.807) is 26.0 Å². The van der Waals surface area contributed by atoms with Gasteiger partial charge in [0.2, 0.25) is 0 Å². The maximum Gasteiger partial charge on any atom is 0.399 e. The average molecular weight is 919 g/mol. The number of halogens is 13. The molecule has 0 saturated heterocycles. The van der Waals surface area contributed by atoms with Crippen molar-refractivity contribution in [2.75, 3.05) is 6.67 Å². The molecule has 1 N–H and O–H groups in total. The van der Waals surface area contributed by atoms with Gasteiger partial charge in [-0.1, -0.05) is 23.3 Å². The molecule has 0 saturated carbocycles. The standard InChI is InChI=1S/2C14H8F6N.C5H7FO2.Ir/c2*1-8-2-3-21-12(4-8)9-5-10(13(15,16)17)7-11(6-9)14(18,19)20;1-4(7)2-5(8)3-6;/h2*2-5,7H,1H3;2,8H,3H2,1H3;/q2*-1;;/b;;5-2-;. The van der Waals surface area contributed by atoms with Crippen molar-refractivity contribution < 1.29 is 87.1 Å². The first kappa shape index (κ1) is 44.7. The fraction of sp³-hybridized carbons (Fsp3) is 0.242. The summed E-state index contributed by atoms with van der Waals surface area (Å²) in [5.41, 5.74) is -5.07. The van der Waals surface area contributed by atoms with Gasteiger partial charge in [-0.3, -0.25) is 4.79 Å². The third-order valence-corrected chi connectivity index (χ3v) is 5.89. The predicted octanol–water partition coefficient (Wildman–Crippen LogP) is 10.8. The van der Waals surface area contributed by atoms with Crippen LogP contribution in [0.1, 0.15) is 40.3 Å². The number of aliphatic hydroxyl groups is 1. The van der Waals surface area contributed by atoms with Gasteiger partial charge >= 0.3 is 24.7 Å². The molecule has 0 aliphatic heterocycles. The summed E-state index contributed by atoms with van der Waals surface area (Å²) in [6.45, 7) is 3.58. The number of carbonyl (C=O) groups is 1. The van der Waals surface area contributed by atoms with E-state index in [0.717, 1.165) is 6.08 Å². The molecule has 2 heterocycles. The Hall–Kier alpha value is -4.31. The van der Waals surface area contributed by atoms with Gasteiger partial charge in [-0.15, -0.1) is 47.5 Å². The number of carbonyl (C=O) groups excluding carboxylic acids is 1. The molecule has 2 aromatic heterocycles. The fourth-order valence-corrected chi connectivity index (χ4v) is 3.69. The molecule has 4 nitrogen and oxygen atoms in total. The Bertz CT molecular complexity index is 1630. The summed E-state index contributed by atoms with van der Waals surface area (Å²) in [7, 11) is 0. The van der Waals surface area contributed by atoms with Crippen molar-refractivity contribution in [2.45, 2.75) is 45.5 Å². The fourth-order valence-electron chi connectivity index (χ4n) is 3.69. The van der Waals surface area contributed by atoms with E-state index in [4.69, 9.17) is 5.11 Å². The van der Waals surface area contributed by atoms with Crippen molar-refractivity contribution in [3.63, 3.8) is 0 Å². The van der Waals surface area contributed by atoms with Crippen molar-refractivity contribution >= 4 is 5.78 Å². The van der Waals surface area contributed by atoms with Gasteiger partial charge in [-0.25, -0.2) is 4.39 Å². The van der Waals surface area contributed by atoms with Gasteiger partial charge in [-0.2, -0.15) is 52.7 Å². The van der Waals surface area contributed by atoms with Crippen molar-refractivity contribution in [3.05, 3.63) is 118 Å². The van der Waals surface area contributed by atoms with E-state index in [-0.39, 0.29) is 60.5 Å². The molecule has 0 unspecified atom stereocenters. The van der Waals surface area contributed by atoms with Crippen LogP contribution in [-0.2, 0) is 49.6 Å². The second kappa shape index (κ2) is 17.8. The number of benzene rings is 2. The van der Waals surface area contributed by atoms with Crippen LogP contribution in [0.15, 0.2) is 72.8 Å². The van der Waals surface area contributed by atoms with Crippen molar-refractivity contribution in [2.24, 2.45) is 0 Å². The molecular formula is C33H23F13IrN2O2-2. The van der Waals surface area contributed by atoms with Crippen LogP contribution in [0.5, 0.6) is 0 Å². The number of hydrogen-bond acceptors (Lipinski definition) is 4. The number of pyridine rings is 2. The number of ketones is 1. The summed E-state index contributed by atoms with van der Waals surface area (Å²) in [4.78, 5) is 17.6. The number of allylic oxidation sites excluding steroid dienone is 2. The molecule has 2 aromatic carbocycles. The Balaban J connectivity index is 0.000000416. The number of hydrogen-bond donors (Lipinski definition) is 1. The first-order valence-electron chi connectivity index (χ1n) is 13.6. The van der Waals surface area contributed by atoms with Gasteiger partial charge in [0.1, 0.15) is 12.4 Å². The summed E-state index contributed by atoms with van der Waals surface area (Å²) in [6.07, 6.45) is -16.1. The molecule has 0 aliphatic rings. The van der Waals surface area contributed by atoms with Crippen LogP contribution in [-0.4, -0.2) is 27.5 Å². The summed E-state index contributed by atoms with van der Waals surface area (Å²) in [5.74, 6) is -0.863. The van der Waals surface area contributed by atoms with E-state index in [9.17, 15) is 61.9 Å². The predicted molar refractivity (Wildman–Crippen MR) is 154 cm³/mol. The second-order valence-corrected chi connectivity index (χ2v) is 10.2. The number of aromatic nitrogens is 2. The molecule has 18 heteroatoms. The second-order valence-electron chi connectivity index (χ2n) is 10.2. The van der Waals surface area contributed by atoms with Gasteiger partial charge < -0.3 is 15.1 Å². The molecule has 1 radical (unpaired) electrons. The zero-order valence-corrected chi connectivity index (χ0v) is 28.4. The Morgan fingerprint density at radius 2 is 1.02 bits per heavy atom. The van der Waals surface area contributed by atoms with Gasteiger partial charge in [0, 0.05) is 38.6 Å². The van der Waals surface area contributed by atoms with Crippen molar-refractivity contribution in [1.29, 1.82) is 0 Å². The molecule has 0 aliphatic carbocycles. The first-order valence-corrected chi connectivity index (χ1v) is 13.6. The van der Waals surface area contributed by atoms with Crippen LogP contribution in [0.2, 0.25) is 0 Å².